The SMILES string of the molecule is CC(C)CCC(C)NC(=O)CSc1nnc(-c2ccco2)n1CCC(N)=O. The third kappa shape index (κ3) is 6.74. The lowest BCUT2D eigenvalue weighted by atomic mass is 10.0. The van der Waals surface area contributed by atoms with Crippen molar-refractivity contribution in [3.05, 3.63) is 18.4 Å². The number of primary amides is 1. The van der Waals surface area contributed by atoms with Crippen LogP contribution in [0.4, 0.5) is 0 Å². The third-order valence-corrected chi connectivity index (χ3v) is 4.92. The molecule has 2 rings (SSSR count). The fourth-order valence-electron chi connectivity index (χ4n) is 2.51. The Kier molecular flexibility index (Phi) is 7.90. The minimum Gasteiger partial charge on any atom is -0.461 e. The van der Waals surface area contributed by atoms with E-state index in [1.54, 1.807) is 23.0 Å². The van der Waals surface area contributed by atoms with Crippen LogP contribution in [0.3, 0.4) is 0 Å². The van der Waals surface area contributed by atoms with Crippen molar-refractivity contribution in [3.8, 4) is 11.6 Å². The second kappa shape index (κ2) is 10.1. The van der Waals surface area contributed by atoms with Gasteiger partial charge in [0, 0.05) is 19.0 Å². The van der Waals surface area contributed by atoms with E-state index in [1.807, 2.05) is 6.92 Å². The number of aromatic nitrogens is 3. The molecule has 0 aliphatic rings. The van der Waals surface area contributed by atoms with E-state index in [9.17, 15) is 9.59 Å². The number of carbonyl (C=O) groups is 2. The van der Waals surface area contributed by atoms with Gasteiger partial charge in [-0.25, -0.2) is 0 Å². The normalized spacial score (nSPS) is 12.3. The number of hydrogen-bond donors (Lipinski definition) is 2. The second-order valence-electron chi connectivity index (χ2n) is 6.88. The average Bonchev–Trinajstić information content (AvgIpc) is 3.25. The molecule has 8 nitrogen and oxygen atoms in total. The fraction of sp³-hybridized carbons (Fsp3) is 0.556. The first-order valence-corrected chi connectivity index (χ1v) is 10.0. The molecule has 2 amide bonds. The summed E-state index contributed by atoms with van der Waals surface area (Å²) in [5, 5.41) is 11.8. The van der Waals surface area contributed by atoms with Crippen molar-refractivity contribution < 1.29 is 14.0 Å². The van der Waals surface area contributed by atoms with Crippen molar-refractivity contribution in [1.29, 1.82) is 0 Å². The van der Waals surface area contributed by atoms with Crippen molar-refractivity contribution >= 4 is 23.6 Å². The van der Waals surface area contributed by atoms with Gasteiger partial charge in [-0.3, -0.25) is 14.2 Å². The van der Waals surface area contributed by atoms with Crippen LogP contribution in [0.15, 0.2) is 28.0 Å². The number of furan rings is 1. The molecule has 0 saturated carbocycles. The van der Waals surface area contributed by atoms with Gasteiger partial charge >= 0.3 is 0 Å². The predicted molar refractivity (Wildman–Crippen MR) is 104 cm³/mol. The van der Waals surface area contributed by atoms with Gasteiger partial charge in [-0.1, -0.05) is 25.6 Å². The number of nitrogens with one attached hydrogen (secondary N) is 1. The summed E-state index contributed by atoms with van der Waals surface area (Å²) in [6.07, 6.45) is 3.72. The maximum absolute atomic E-state index is 12.2. The molecule has 3 N–H and O–H groups in total. The fourth-order valence-corrected chi connectivity index (χ4v) is 3.28. The van der Waals surface area contributed by atoms with Crippen molar-refractivity contribution in [2.24, 2.45) is 11.7 Å². The van der Waals surface area contributed by atoms with Crippen LogP contribution in [0.5, 0.6) is 0 Å². The zero-order chi connectivity index (χ0) is 19.8. The molecule has 9 heteroatoms. The van der Waals surface area contributed by atoms with E-state index in [0.717, 1.165) is 12.8 Å². The minimum absolute atomic E-state index is 0.0553. The topological polar surface area (TPSA) is 116 Å². The maximum Gasteiger partial charge on any atom is 0.230 e. The van der Waals surface area contributed by atoms with Crippen molar-refractivity contribution in [2.75, 3.05) is 5.75 Å². The molecule has 148 valence electrons. The molecule has 0 spiro atoms. The van der Waals surface area contributed by atoms with Gasteiger partial charge in [-0.15, -0.1) is 10.2 Å². The molecule has 27 heavy (non-hydrogen) atoms. The average molecular weight is 394 g/mol. The van der Waals surface area contributed by atoms with Crippen molar-refractivity contribution in [1.82, 2.24) is 20.1 Å². The first kappa shape index (κ1) is 21.0. The maximum atomic E-state index is 12.2. The molecule has 0 aliphatic carbocycles. The van der Waals surface area contributed by atoms with E-state index in [2.05, 4.69) is 29.4 Å². The van der Waals surface area contributed by atoms with Crippen LogP contribution < -0.4 is 11.1 Å². The van der Waals surface area contributed by atoms with E-state index in [1.165, 1.54) is 11.8 Å². The molecule has 2 aromatic heterocycles. The van der Waals surface area contributed by atoms with E-state index in [0.29, 0.717) is 29.2 Å². The van der Waals surface area contributed by atoms with Crippen LogP contribution in [0, 0.1) is 5.92 Å². The van der Waals surface area contributed by atoms with Crippen LogP contribution in [0.1, 0.15) is 40.0 Å². The molecule has 0 radical (unpaired) electrons. The van der Waals surface area contributed by atoms with Gasteiger partial charge < -0.3 is 15.5 Å². The molecule has 0 aromatic carbocycles. The predicted octanol–water partition coefficient (Wildman–Crippen LogP) is 2.45. The van der Waals surface area contributed by atoms with Gasteiger partial charge in [0.15, 0.2) is 16.7 Å². The molecule has 1 atom stereocenters. The standard InChI is InChI=1S/C18H27N5O3S/c1-12(2)6-7-13(3)20-16(25)11-27-18-22-21-17(14-5-4-10-26-14)23(18)9-8-15(19)24/h4-5,10,12-13H,6-9,11H2,1-3H3,(H2,19,24)(H,20,25). The lowest BCUT2D eigenvalue weighted by molar-refractivity contribution is -0.119. The molecule has 0 fully saturated rings. The molecule has 2 aromatic rings. The van der Waals surface area contributed by atoms with Gasteiger partial charge in [-0.2, -0.15) is 0 Å². The van der Waals surface area contributed by atoms with E-state index in [4.69, 9.17) is 10.2 Å². The molecule has 1 unspecified atom stereocenters. The van der Waals surface area contributed by atoms with Crippen molar-refractivity contribution in [3.63, 3.8) is 0 Å². The van der Waals surface area contributed by atoms with E-state index >= 15 is 0 Å². The van der Waals surface area contributed by atoms with Crippen LogP contribution in [0.25, 0.3) is 11.6 Å². The Morgan fingerprint density at radius 1 is 1.30 bits per heavy atom. The Morgan fingerprint density at radius 2 is 2.07 bits per heavy atom. The van der Waals surface area contributed by atoms with Gasteiger partial charge in [0.25, 0.3) is 0 Å². The molecular formula is C18H27N5O3S. The number of rotatable bonds is 11. The number of hydrogen-bond acceptors (Lipinski definition) is 6. The summed E-state index contributed by atoms with van der Waals surface area (Å²) in [4.78, 5) is 23.4. The Bertz CT molecular complexity index is 742. The summed E-state index contributed by atoms with van der Waals surface area (Å²) in [6, 6.07) is 3.65. The largest absolute Gasteiger partial charge is 0.461 e. The number of thioether (sulfide) groups is 1. The number of carbonyl (C=O) groups excluding carboxylic acids is 2. The molecule has 0 bridgehead atoms. The zero-order valence-electron chi connectivity index (χ0n) is 16.0. The summed E-state index contributed by atoms with van der Waals surface area (Å²) in [7, 11) is 0. The van der Waals surface area contributed by atoms with Crippen molar-refractivity contribution in [2.45, 2.75) is 57.8 Å². The van der Waals surface area contributed by atoms with Gasteiger partial charge in [-0.05, 0) is 37.8 Å². The molecule has 0 saturated heterocycles. The first-order chi connectivity index (χ1) is 12.9. The Balaban J connectivity index is 1.98. The summed E-state index contributed by atoms with van der Waals surface area (Å²) in [5.74, 6) is 1.42. The molecular weight excluding hydrogens is 366 g/mol. The summed E-state index contributed by atoms with van der Waals surface area (Å²) in [5.41, 5.74) is 5.27. The summed E-state index contributed by atoms with van der Waals surface area (Å²) >= 11 is 1.27. The number of nitrogens with zero attached hydrogens (tertiary/aromatic N) is 3. The van der Waals surface area contributed by atoms with Crippen LogP contribution in [-0.2, 0) is 16.1 Å². The molecule has 2 heterocycles. The Labute approximate surface area is 163 Å². The Hall–Kier alpha value is -2.29. The van der Waals surface area contributed by atoms with Gasteiger partial charge in [0.2, 0.25) is 11.8 Å². The first-order valence-electron chi connectivity index (χ1n) is 9.04. The highest BCUT2D eigenvalue weighted by molar-refractivity contribution is 7.99. The number of nitrogens with two attached hydrogens (primary N) is 1. The quantitative estimate of drug-likeness (QED) is 0.567. The zero-order valence-corrected chi connectivity index (χ0v) is 16.8. The van der Waals surface area contributed by atoms with E-state index < -0.39 is 5.91 Å². The van der Waals surface area contributed by atoms with Crippen LogP contribution in [0.2, 0.25) is 0 Å². The molecule has 0 aliphatic heterocycles. The van der Waals surface area contributed by atoms with Crippen LogP contribution in [-0.4, -0.2) is 38.4 Å². The smallest absolute Gasteiger partial charge is 0.230 e. The highest BCUT2D eigenvalue weighted by Gasteiger charge is 2.18. The lowest BCUT2D eigenvalue weighted by Gasteiger charge is -2.15. The summed E-state index contributed by atoms with van der Waals surface area (Å²) in [6.45, 7) is 6.67. The van der Waals surface area contributed by atoms with Crippen LogP contribution >= 0.6 is 11.8 Å². The Morgan fingerprint density at radius 3 is 2.70 bits per heavy atom. The van der Waals surface area contributed by atoms with Gasteiger partial charge in [0.05, 0.1) is 12.0 Å². The van der Waals surface area contributed by atoms with Gasteiger partial charge in [0.1, 0.15) is 0 Å². The highest BCUT2D eigenvalue weighted by atomic mass is 32.2. The lowest BCUT2D eigenvalue weighted by Crippen LogP contribution is -2.34. The third-order valence-electron chi connectivity index (χ3n) is 3.96. The monoisotopic (exact) mass is 393 g/mol. The van der Waals surface area contributed by atoms with E-state index in [-0.39, 0.29) is 24.1 Å². The minimum atomic E-state index is -0.415. The number of amides is 2. The summed E-state index contributed by atoms with van der Waals surface area (Å²) < 4.78 is 7.13. The second-order valence-corrected chi connectivity index (χ2v) is 7.82. The highest BCUT2D eigenvalue weighted by Crippen LogP contribution is 2.24.